The first kappa shape index (κ1) is 43.0. The van der Waals surface area contributed by atoms with Gasteiger partial charge in [-0.15, -0.1) is 0 Å². The zero-order chi connectivity index (χ0) is 32.4. The molecule has 44 heavy (non-hydrogen) atoms. The van der Waals surface area contributed by atoms with Gasteiger partial charge in [-0.25, -0.2) is 4.79 Å². The molecule has 1 atom stereocenters. The zero-order valence-electron chi connectivity index (χ0n) is 28.1. The Morgan fingerprint density at radius 3 is 0.955 bits per heavy atom. The van der Waals surface area contributed by atoms with Crippen LogP contribution in [0.2, 0.25) is 0 Å². The normalized spacial score (nSPS) is 12.6. The Kier molecular flexibility index (Phi) is 32.7. The fraction of sp³-hybridized carbons (Fsp3) is 0.968. The van der Waals surface area contributed by atoms with Gasteiger partial charge < -0.3 is 56.8 Å². The van der Waals surface area contributed by atoms with E-state index < -0.39 is 5.60 Å². The summed E-state index contributed by atoms with van der Waals surface area (Å²) in [6.45, 7) is 20.5. The van der Waals surface area contributed by atoms with Crippen molar-refractivity contribution < 1.29 is 61.6 Å². The molecule has 0 aromatic rings. The maximum absolute atomic E-state index is 11.5. The Hall–Kier alpha value is -0.970. The lowest BCUT2D eigenvalue weighted by Crippen LogP contribution is -2.27. The minimum absolute atomic E-state index is 0.0810. The highest BCUT2D eigenvalue weighted by Crippen LogP contribution is 2.06. The first-order valence-corrected chi connectivity index (χ1v) is 15.9. The van der Waals surface area contributed by atoms with Gasteiger partial charge in [-0.2, -0.15) is 0 Å². The molecule has 0 aliphatic carbocycles. The highest BCUT2D eigenvalue weighted by Gasteiger charge is 2.15. The molecule has 0 aromatic heterocycles. The molecule has 264 valence electrons. The number of rotatable bonds is 35. The summed E-state index contributed by atoms with van der Waals surface area (Å²) in [7, 11) is 0. The van der Waals surface area contributed by atoms with Crippen molar-refractivity contribution in [2.24, 2.45) is 5.92 Å². The average Bonchev–Trinajstić information content (AvgIpc) is 2.98. The van der Waals surface area contributed by atoms with Crippen molar-refractivity contribution in [2.75, 3.05) is 145 Å². The van der Waals surface area contributed by atoms with Crippen LogP contribution in [0.5, 0.6) is 0 Å². The van der Waals surface area contributed by atoms with Crippen LogP contribution in [0.1, 0.15) is 41.0 Å². The number of esters is 1. The van der Waals surface area contributed by atoms with Crippen molar-refractivity contribution in [3.8, 4) is 0 Å². The van der Waals surface area contributed by atoms with Crippen LogP contribution in [-0.4, -0.2) is 157 Å². The summed E-state index contributed by atoms with van der Waals surface area (Å²) in [4.78, 5) is 11.5. The first-order valence-electron chi connectivity index (χ1n) is 15.9. The number of carbonyl (C=O) groups is 1. The van der Waals surface area contributed by atoms with Crippen LogP contribution in [0.4, 0.5) is 0 Å². The SMILES string of the molecule is CCC(C)COCCOCCOCCOCCOCCOCCOCCOCCOCCOCCOCC(=O)OC(C)(C)C. The van der Waals surface area contributed by atoms with E-state index in [4.69, 9.17) is 56.8 Å². The molecule has 0 N–H and O–H groups in total. The molecule has 0 radical (unpaired) electrons. The molecule has 0 rings (SSSR count). The third-order valence-electron chi connectivity index (χ3n) is 5.46. The van der Waals surface area contributed by atoms with E-state index >= 15 is 0 Å². The average molecular weight is 643 g/mol. The first-order chi connectivity index (χ1) is 21.3. The third-order valence-corrected chi connectivity index (χ3v) is 5.46. The highest BCUT2D eigenvalue weighted by atomic mass is 16.6. The summed E-state index contributed by atoms with van der Waals surface area (Å²) in [5.41, 5.74) is -0.509. The fourth-order valence-corrected chi connectivity index (χ4v) is 3.03. The minimum atomic E-state index is -0.509. The van der Waals surface area contributed by atoms with Crippen molar-refractivity contribution in [1.29, 1.82) is 0 Å². The van der Waals surface area contributed by atoms with Gasteiger partial charge in [0.05, 0.1) is 132 Å². The maximum atomic E-state index is 11.5. The minimum Gasteiger partial charge on any atom is -0.458 e. The maximum Gasteiger partial charge on any atom is 0.332 e. The van der Waals surface area contributed by atoms with Gasteiger partial charge in [0.2, 0.25) is 0 Å². The summed E-state index contributed by atoms with van der Waals surface area (Å²) in [6, 6.07) is 0. The topological polar surface area (TPSA) is 128 Å². The molecular weight excluding hydrogens is 580 g/mol. The Morgan fingerprint density at radius 2 is 0.705 bits per heavy atom. The van der Waals surface area contributed by atoms with E-state index in [0.29, 0.717) is 138 Å². The van der Waals surface area contributed by atoms with Crippen molar-refractivity contribution >= 4 is 5.97 Å². The van der Waals surface area contributed by atoms with E-state index in [-0.39, 0.29) is 12.6 Å². The molecule has 0 amide bonds. The molecule has 0 fully saturated rings. The second-order valence-corrected chi connectivity index (χ2v) is 10.7. The Morgan fingerprint density at radius 1 is 0.455 bits per heavy atom. The largest absolute Gasteiger partial charge is 0.458 e. The standard InChI is InChI=1S/C31H62O13/c1-6-29(2)27-42-25-23-40-21-19-38-17-15-36-13-11-34-9-7-33-8-10-35-12-14-37-16-18-39-20-22-41-24-26-43-28-30(32)44-31(3,4)5/h29H,6-28H2,1-5H3. The molecule has 0 saturated carbocycles. The molecule has 0 aromatic carbocycles. The second kappa shape index (κ2) is 33.4. The van der Waals surface area contributed by atoms with Gasteiger partial charge in [0.1, 0.15) is 12.2 Å². The van der Waals surface area contributed by atoms with E-state index in [9.17, 15) is 4.79 Å². The molecule has 0 aliphatic heterocycles. The van der Waals surface area contributed by atoms with Gasteiger partial charge >= 0.3 is 5.97 Å². The molecule has 0 aliphatic rings. The summed E-state index contributed by atoms with van der Waals surface area (Å²) in [5.74, 6) is 0.210. The van der Waals surface area contributed by atoms with Crippen LogP contribution < -0.4 is 0 Å². The summed E-state index contributed by atoms with van der Waals surface area (Å²) in [6.07, 6.45) is 1.13. The quantitative estimate of drug-likeness (QED) is 0.0743. The molecule has 13 heteroatoms. The van der Waals surface area contributed by atoms with Gasteiger partial charge in [-0.05, 0) is 26.7 Å². The smallest absolute Gasteiger partial charge is 0.332 e. The molecular formula is C31H62O13. The van der Waals surface area contributed by atoms with Crippen LogP contribution in [0, 0.1) is 5.92 Å². The molecule has 0 saturated heterocycles. The summed E-state index contributed by atoms with van der Waals surface area (Å²) >= 11 is 0. The van der Waals surface area contributed by atoms with Crippen LogP contribution in [0.25, 0.3) is 0 Å². The Bertz CT molecular complexity index is 589. The lowest BCUT2D eigenvalue weighted by Gasteiger charge is -2.19. The second-order valence-electron chi connectivity index (χ2n) is 10.7. The fourth-order valence-electron chi connectivity index (χ4n) is 3.03. The van der Waals surface area contributed by atoms with Gasteiger partial charge in [0, 0.05) is 6.61 Å². The predicted octanol–water partition coefficient (Wildman–Crippen LogP) is 2.56. The van der Waals surface area contributed by atoms with Crippen LogP contribution in [0.3, 0.4) is 0 Å². The van der Waals surface area contributed by atoms with Gasteiger partial charge in [-0.3, -0.25) is 0 Å². The van der Waals surface area contributed by atoms with E-state index in [1.165, 1.54) is 0 Å². The molecule has 0 bridgehead atoms. The predicted molar refractivity (Wildman–Crippen MR) is 164 cm³/mol. The number of hydrogen-bond donors (Lipinski definition) is 0. The molecule has 0 heterocycles. The zero-order valence-corrected chi connectivity index (χ0v) is 28.1. The van der Waals surface area contributed by atoms with Gasteiger partial charge in [0.25, 0.3) is 0 Å². The molecule has 1 unspecified atom stereocenters. The van der Waals surface area contributed by atoms with E-state index in [2.05, 4.69) is 13.8 Å². The molecule has 0 spiro atoms. The molecule has 13 nitrogen and oxygen atoms in total. The van der Waals surface area contributed by atoms with E-state index in [1.807, 2.05) is 20.8 Å². The number of ether oxygens (including phenoxy) is 12. The van der Waals surface area contributed by atoms with Crippen molar-refractivity contribution in [2.45, 2.75) is 46.6 Å². The monoisotopic (exact) mass is 642 g/mol. The highest BCUT2D eigenvalue weighted by molar-refractivity contribution is 5.71. The van der Waals surface area contributed by atoms with E-state index in [1.54, 1.807) is 0 Å². The third kappa shape index (κ3) is 37.2. The lowest BCUT2D eigenvalue weighted by atomic mass is 10.1. The van der Waals surface area contributed by atoms with Crippen LogP contribution in [0.15, 0.2) is 0 Å². The summed E-state index contributed by atoms with van der Waals surface area (Å²) in [5, 5.41) is 0. The number of carbonyl (C=O) groups excluding carboxylic acids is 1. The van der Waals surface area contributed by atoms with E-state index in [0.717, 1.165) is 13.0 Å². The summed E-state index contributed by atoms with van der Waals surface area (Å²) < 4.78 is 65.0. The van der Waals surface area contributed by atoms with Crippen molar-refractivity contribution in [1.82, 2.24) is 0 Å². The van der Waals surface area contributed by atoms with Gasteiger partial charge in [0.15, 0.2) is 0 Å². The number of hydrogen-bond acceptors (Lipinski definition) is 13. The Labute approximate surface area is 265 Å². The van der Waals surface area contributed by atoms with Crippen molar-refractivity contribution in [3.63, 3.8) is 0 Å². The Balaban J connectivity index is 3.10. The van der Waals surface area contributed by atoms with Crippen LogP contribution >= 0.6 is 0 Å². The lowest BCUT2D eigenvalue weighted by molar-refractivity contribution is -0.160. The van der Waals surface area contributed by atoms with Gasteiger partial charge in [-0.1, -0.05) is 20.3 Å². The van der Waals surface area contributed by atoms with Crippen LogP contribution in [-0.2, 0) is 61.6 Å². The van der Waals surface area contributed by atoms with Crippen molar-refractivity contribution in [3.05, 3.63) is 0 Å².